The van der Waals surface area contributed by atoms with Gasteiger partial charge in [-0.25, -0.2) is 25.6 Å². The molecule has 0 saturated carbocycles. The lowest BCUT2D eigenvalue weighted by atomic mass is 10.2. The first-order valence-electron chi connectivity index (χ1n) is 7.69. The normalized spacial score (nSPS) is 25.8. The molecule has 6 nitrogen and oxygen atoms in total. The Bertz CT molecular complexity index is 834. The monoisotopic (exact) mass is 381 g/mol. The van der Waals surface area contributed by atoms with Crippen LogP contribution >= 0.6 is 0 Å². The van der Waals surface area contributed by atoms with E-state index in [1.807, 2.05) is 0 Å². The molecule has 1 aromatic carbocycles. The number of nitrogens with one attached hydrogen (secondary N) is 1. The van der Waals surface area contributed by atoms with E-state index in [-0.39, 0.29) is 30.6 Å². The van der Waals surface area contributed by atoms with Gasteiger partial charge in [0.25, 0.3) is 0 Å². The second kappa shape index (κ2) is 6.32. The zero-order chi connectivity index (χ0) is 17.5. The molecule has 0 radical (unpaired) electrons. The Balaban J connectivity index is 1.71. The van der Waals surface area contributed by atoms with Crippen LogP contribution in [-0.2, 0) is 19.9 Å². The number of sulfonamides is 1. The average molecular weight is 381 g/mol. The quantitative estimate of drug-likeness (QED) is 0.732. The van der Waals surface area contributed by atoms with Crippen LogP contribution in [0.2, 0.25) is 0 Å². The van der Waals surface area contributed by atoms with Crippen LogP contribution in [0.15, 0.2) is 23.1 Å². The van der Waals surface area contributed by atoms with Crippen LogP contribution in [0, 0.1) is 11.6 Å². The Hall–Kier alpha value is -1.10. The van der Waals surface area contributed by atoms with Crippen LogP contribution in [0.25, 0.3) is 0 Å². The van der Waals surface area contributed by atoms with Crippen molar-refractivity contribution >= 4 is 19.9 Å². The molecule has 0 bridgehead atoms. The molecule has 1 aromatic rings. The van der Waals surface area contributed by atoms with Crippen molar-refractivity contribution in [2.45, 2.75) is 17.4 Å². The maximum absolute atomic E-state index is 13.8. The fourth-order valence-corrected chi connectivity index (χ4v) is 6.70. The number of nitrogens with zero attached hydrogens (tertiary/aromatic N) is 1. The van der Waals surface area contributed by atoms with Gasteiger partial charge in [-0.1, -0.05) is 0 Å². The van der Waals surface area contributed by atoms with Gasteiger partial charge in [-0.3, -0.25) is 0 Å². The summed E-state index contributed by atoms with van der Waals surface area (Å²) >= 11 is 0. The summed E-state index contributed by atoms with van der Waals surface area (Å²) in [7, 11) is -7.08. The summed E-state index contributed by atoms with van der Waals surface area (Å²) < 4.78 is 76.3. The van der Waals surface area contributed by atoms with E-state index >= 15 is 0 Å². The summed E-state index contributed by atoms with van der Waals surface area (Å²) in [6.45, 7) is 1.22. The smallest absolute Gasteiger partial charge is 0.246 e. The Morgan fingerprint density at radius 1 is 1.17 bits per heavy atom. The van der Waals surface area contributed by atoms with E-state index < -0.39 is 36.4 Å². The van der Waals surface area contributed by atoms with E-state index in [4.69, 9.17) is 0 Å². The van der Waals surface area contributed by atoms with Crippen LogP contribution in [0.4, 0.5) is 8.78 Å². The third-order valence-corrected chi connectivity index (χ3v) is 8.37. The summed E-state index contributed by atoms with van der Waals surface area (Å²) in [5.41, 5.74) is 0. The average Bonchev–Trinajstić information content (AvgIpc) is 2.90. The maximum atomic E-state index is 13.8. The van der Waals surface area contributed by atoms with Crippen molar-refractivity contribution in [1.29, 1.82) is 0 Å². The molecule has 24 heavy (non-hydrogen) atoms. The van der Waals surface area contributed by atoms with E-state index in [0.29, 0.717) is 25.6 Å². The number of rotatable bonds is 3. The van der Waals surface area contributed by atoms with Crippen molar-refractivity contribution in [3.8, 4) is 0 Å². The molecular formula is C14H19F2N2O4S2+. The van der Waals surface area contributed by atoms with Crippen molar-refractivity contribution in [1.82, 2.24) is 4.31 Å². The van der Waals surface area contributed by atoms with Crippen molar-refractivity contribution in [3.05, 3.63) is 29.8 Å². The van der Waals surface area contributed by atoms with Crippen molar-refractivity contribution < 1.29 is 30.5 Å². The molecule has 0 amide bonds. The number of quaternary nitrogens is 1. The topological polar surface area (TPSA) is 76.0 Å². The zero-order valence-electron chi connectivity index (χ0n) is 12.9. The predicted molar refractivity (Wildman–Crippen MR) is 82.9 cm³/mol. The van der Waals surface area contributed by atoms with Gasteiger partial charge in [0.05, 0.1) is 31.9 Å². The fourth-order valence-electron chi connectivity index (χ4n) is 3.35. The minimum atomic E-state index is -4.10. The Morgan fingerprint density at radius 2 is 1.83 bits per heavy atom. The molecule has 2 saturated heterocycles. The molecule has 2 aliphatic heterocycles. The standard InChI is InChI=1S/C14H18F2N2O4S2/c15-11-1-2-13(16)14(9-11)24(21,22)18-6-4-17(5-7-18)12-3-8-23(19,20)10-12/h1-2,9,12H,3-8,10H2/p+1/t12-/m1/s1. The number of benzene rings is 1. The Kier molecular flexibility index (Phi) is 4.67. The van der Waals surface area contributed by atoms with Crippen LogP contribution in [0.3, 0.4) is 0 Å². The number of sulfone groups is 1. The zero-order valence-corrected chi connectivity index (χ0v) is 14.5. The molecule has 1 atom stereocenters. The third-order valence-electron chi connectivity index (χ3n) is 4.69. The molecular weight excluding hydrogens is 362 g/mol. The number of halogens is 2. The molecule has 10 heteroatoms. The van der Waals surface area contributed by atoms with E-state index in [1.165, 1.54) is 0 Å². The minimum absolute atomic E-state index is 0.00856. The van der Waals surface area contributed by atoms with Crippen LogP contribution in [-0.4, -0.2) is 64.9 Å². The van der Waals surface area contributed by atoms with E-state index in [1.54, 1.807) is 0 Å². The van der Waals surface area contributed by atoms with E-state index in [9.17, 15) is 25.6 Å². The SMILES string of the molecule is O=S1(=O)CC[C@@H]([NH+]2CCN(S(=O)(=O)c3cc(F)ccc3F)CC2)C1. The molecule has 3 rings (SSSR count). The molecule has 0 unspecified atom stereocenters. The summed E-state index contributed by atoms with van der Waals surface area (Å²) in [4.78, 5) is 0.400. The van der Waals surface area contributed by atoms with Gasteiger partial charge >= 0.3 is 0 Å². The summed E-state index contributed by atoms with van der Waals surface area (Å²) in [6.07, 6.45) is 0.586. The van der Waals surface area contributed by atoms with Gasteiger partial charge in [-0.15, -0.1) is 0 Å². The highest BCUT2D eigenvalue weighted by Gasteiger charge is 2.39. The molecule has 0 spiro atoms. The number of piperazine rings is 1. The molecule has 2 heterocycles. The molecule has 134 valence electrons. The van der Waals surface area contributed by atoms with Crippen LogP contribution in [0.5, 0.6) is 0 Å². The van der Waals surface area contributed by atoms with Crippen molar-refractivity contribution in [2.75, 3.05) is 37.7 Å². The van der Waals surface area contributed by atoms with Crippen LogP contribution < -0.4 is 4.90 Å². The molecule has 0 aliphatic carbocycles. The number of hydrogen-bond acceptors (Lipinski definition) is 4. The highest BCUT2D eigenvalue weighted by atomic mass is 32.2. The molecule has 1 N–H and O–H groups in total. The first-order valence-corrected chi connectivity index (χ1v) is 11.0. The summed E-state index contributed by atoms with van der Waals surface area (Å²) in [5.74, 6) is -1.48. The lowest BCUT2D eigenvalue weighted by Crippen LogP contribution is -3.18. The highest BCUT2D eigenvalue weighted by molar-refractivity contribution is 7.91. The van der Waals surface area contributed by atoms with E-state index in [0.717, 1.165) is 21.3 Å². The highest BCUT2D eigenvalue weighted by Crippen LogP contribution is 2.20. The van der Waals surface area contributed by atoms with Gasteiger partial charge in [0.1, 0.15) is 28.3 Å². The second-order valence-corrected chi connectivity index (χ2v) is 10.4. The number of hydrogen-bond donors (Lipinski definition) is 1. The lowest BCUT2D eigenvalue weighted by Gasteiger charge is -2.34. The van der Waals surface area contributed by atoms with Gasteiger partial charge in [0.15, 0.2) is 9.84 Å². The van der Waals surface area contributed by atoms with Gasteiger partial charge in [-0.2, -0.15) is 4.31 Å². The second-order valence-electron chi connectivity index (χ2n) is 6.24. The predicted octanol–water partition coefficient (Wildman–Crippen LogP) is -0.959. The summed E-state index contributed by atoms with van der Waals surface area (Å²) in [5, 5.41) is 0. The molecule has 0 aromatic heterocycles. The maximum Gasteiger partial charge on any atom is 0.246 e. The minimum Gasteiger partial charge on any atom is -0.329 e. The first kappa shape index (κ1) is 17.7. The molecule has 2 aliphatic rings. The van der Waals surface area contributed by atoms with Gasteiger partial charge in [0.2, 0.25) is 10.0 Å². The van der Waals surface area contributed by atoms with Crippen molar-refractivity contribution in [3.63, 3.8) is 0 Å². The van der Waals surface area contributed by atoms with Crippen molar-refractivity contribution in [2.24, 2.45) is 0 Å². The van der Waals surface area contributed by atoms with Crippen LogP contribution in [0.1, 0.15) is 6.42 Å². The summed E-state index contributed by atoms with van der Waals surface area (Å²) in [6, 6.07) is 2.35. The van der Waals surface area contributed by atoms with Gasteiger partial charge in [0, 0.05) is 6.42 Å². The largest absolute Gasteiger partial charge is 0.329 e. The lowest BCUT2D eigenvalue weighted by molar-refractivity contribution is -0.925. The van der Waals surface area contributed by atoms with Gasteiger partial charge in [-0.05, 0) is 18.2 Å². The Morgan fingerprint density at radius 3 is 2.42 bits per heavy atom. The third kappa shape index (κ3) is 3.46. The van der Waals surface area contributed by atoms with E-state index in [2.05, 4.69) is 0 Å². The first-order chi connectivity index (χ1) is 11.2. The van der Waals surface area contributed by atoms with Gasteiger partial charge < -0.3 is 4.90 Å². The Labute approximate surface area is 140 Å². The fraction of sp³-hybridized carbons (Fsp3) is 0.571. The molecule has 2 fully saturated rings.